The summed E-state index contributed by atoms with van der Waals surface area (Å²) in [4.78, 5) is 26.4. The molecule has 4 rings (SSSR count). The zero-order valence-corrected chi connectivity index (χ0v) is 16.3. The number of methoxy groups -OCH3 is 1. The van der Waals surface area contributed by atoms with E-state index in [2.05, 4.69) is 19.9 Å². The maximum absolute atomic E-state index is 12.4. The lowest BCUT2D eigenvalue weighted by Crippen LogP contribution is -2.58. The van der Waals surface area contributed by atoms with E-state index in [0.29, 0.717) is 24.7 Å². The highest BCUT2D eigenvalue weighted by Gasteiger charge is 2.63. The number of hydrogen-bond acceptors (Lipinski definition) is 4. The van der Waals surface area contributed by atoms with Gasteiger partial charge in [-0.25, -0.2) is 0 Å². The number of allylic oxidation sites excluding steroid dienone is 2. The number of nitrogens with zero attached hydrogens (tertiary/aromatic N) is 1. The Morgan fingerprint density at radius 3 is 2.77 bits per heavy atom. The van der Waals surface area contributed by atoms with E-state index in [1.807, 2.05) is 11.9 Å². The van der Waals surface area contributed by atoms with Crippen LogP contribution in [0.4, 0.5) is 0 Å². The number of piperidine rings is 1. The fraction of sp³-hybridized carbons (Fsp3) is 0.810. The quantitative estimate of drug-likeness (QED) is 0.729. The third-order valence-electron chi connectivity index (χ3n) is 8.43. The molecule has 0 spiro atoms. The van der Waals surface area contributed by atoms with Crippen molar-refractivity contribution >= 4 is 11.9 Å². The Kier molecular flexibility index (Phi) is 4.03. The summed E-state index contributed by atoms with van der Waals surface area (Å²) in [5.74, 6) is 0.900. The predicted molar refractivity (Wildman–Crippen MR) is 96.8 cm³/mol. The minimum absolute atomic E-state index is 0.109. The molecular formula is C21H31NO4. The normalized spacial score (nSPS) is 47.6. The molecule has 7 atom stereocenters. The summed E-state index contributed by atoms with van der Waals surface area (Å²) < 4.78 is 5.07. The standard InChI is InChI=1S/C21H31NO4/c1-20-10-9-17(24)22(3)16(20)8-5-12-13-6-7-14(19(25)26-4)21(13,2)11-15(23)18(12)20/h8,12-15,18,23H,5-7,9-11H2,1-4H3/t12?,13?,14-,15+,18?,20+,21+/m1/s1. The first kappa shape index (κ1) is 18.0. The average molecular weight is 361 g/mol. The Bertz CT molecular complexity index is 673. The monoisotopic (exact) mass is 361 g/mol. The second-order valence-electron chi connectivity index (χ2n) is 9.42. The van der Waals surface area contributed by atoms with E-state index in [4.69, 9.17) is 4.74 Å². The highest BCUT2D eigenvalue weighted by Crippen LogP contribution is 2.66. The van der Waals surface area contributed by atoms with Crippen LogP contribution in [-0.2, 0) is 14.3 Å². The van der Waals surface area contributed by atoms with Crippen LogP contribution < -0.4 is 0 Å². The van der Waals surface area contributed by atoms with E-state index in [1.54, 1.807) is 0 Å². The lowest BCUT2D eigenvalue weighted by Gasteiger charge is -2.59. The van der Waals surface area contributed by atoms with Gasteiger partial charge in [-0.15, -0.1) is 0 Å². The molecule has 1 heterocycles. The van der Waals surface area contributed by atoms with E-state index >= 15 is 0 Å². The Balaban J connectivity index is 1.72. The van der Waals surface area contributed by atoms with Crippen molar-refractivity contribution in [2.75, 3.05) is 14.2 Å². The number of carbonyl (C=O) groups excluding carboxylic acids is 2. The van der Waals surface area contributed by atoms with Gasteiger partial charge in [0.25, 0.3) is 0 Å². The Morgan fingerprint density at radius 2 is 2.08 bits per heavy atom. The summed E-state index contributed by atoms with van der Waals surface area (Å²) in [5.41, 5.74) is 0.752. The van der Waals surface area contributed by atoms with E-state index in [-0.39, 0.29) is 34.5 Å². The number of ether oxygens (including phenoxy) is 1. The fourth-order valence-electron chi connectivity index (χ4n) is 7.25. The van der Waals surface area contributed by atoms with Gasteiger partial charge >= 0.3 is 5.97 Å². The van der Waals surface area contributed by atoms with Crippen molar-refractivity contribution < 1.29 is 19.4 Å². The number of aliphatic hydroxyl groups excluding tert-OH is 1. The number of likely N-dealkylation sites (tertiary alicyclic amines) is 1. The van der Waals surface area contributed by atoms with Crippen molar-refractivity contribution in [2.24, 2.45) is 34.5 Å². The van der Waals surface area contributed by atoms with E-state index in [9.17, 15) is 14.7 Å². The minimum atomic E-state index is -0.443. The molecule has 26 heavy (non-hydrogen) atoms. The zero-order chi connectivity index (χ0) is 18.9. The van der Waals surface area contributed by atoms with Gasteiger partial charge in [-0.3, -0.25) is 9.59 Å². The van der Waals surface area contributed by atoms with Gasteiger partial charge in [-0.05, 0) is 55.3 Å². The lowest BCUT2D eigenvalue weighted by molar-refractivity contribution is -0.162. The molecule has 5 heteroatoms. The number of amides is 1. The summed E-state index contributed by atoms with van der Waals surface area (Å²) >= 11 is 0. The average Bonchev–Trinajstić information content (AvgIpc) is 2.94. The van der Waals surface area contributed by atoms with Gasteiger partial charge in [0.15, 0.2) is 0 Å². The van der Waals surface area contributed by atoms with Gasteiger partial charge in [0.1, 0.15) is 0 Å². The molecule has 1 amide bonds. The van der Waals surface area contributed by atoms with Gasteiger partial charge < -0.3 is 14.7 Å². The number of fused-ring (bicyclic) bond motifs is 5. The molecule has 0 aromatic heterocycles. The topological polar surface area (TPSA) is 66.8 Å². The van der Waals surface area contributed by atoms with E-state index in [0.717, 1.165) is 31.4 Å². The van der Waals surface area contributed by atoms with Crippen LogP contribution in [0.25, 0.3) is 0 Å². The summed E-state index contributed by atoms with van der Waals surface area (Å²) in [5, 5.41) is 11.3. The summed E-state index contributed by atoms with van der Waals surface area (Å²) in [6.07, 6.45) is 6.58. The molecule has 0 radical (unpaired) electrons. The van der Waals surface area contributed by atoms with Crippen molar-refractivity contribution in [3.05, 3.63) is 11.8 Å². The van der Waals surface area contributed by atoms with Crippen LogP contribution in [0.15, 0.2) is 11.8 Å². The maximum Gasteiger partial charge on any atom is 0.309 e. The van der Waals surface area contributed by atoms with Crippen LogP contribution in [0.1, 0.15) is 52.4 Å². The third-order valence-corrected chi connectivity index (χ3v) is 8.43. The number of esters is 1. The SMILES string of the molecule is COC(=O)[C@H]1CCC2C3CC=C4N(C)C(=O)CC[C@]4(C)C3[C@@H](O)C[C@@]21C. The minimum Gasteiger partial charge on any atom is -0.469 e. The molecule has 1 saturated heterocycles. The Hall–Kier alpha value is -1.36. The van der Waals surface area contributed by atoms with Crippen molar-refractivity contribution in [1.29, 1.82) is 0 Å². The molecule has 0 bridgehead atoms. The molecule has 3 aliphatic carbocycles. The number of rotatable bonds is 1. The molecule has 0 aromatic carbocycles. The second kappa shape index (κ2) is 5.82. The van der Waals surface area contributed by atoms with Crippen molar-refractivity contribution in [3.63, 3.8) is 0 Å². The van der Waals surface area contributed by atoms with Crippen molar-refractivity contribution in [2.45, 2.75) is 58.5 Å². The zero-order valence-electron chi connectivity index (χ0n) is 16.3. The molecular weight excluding hydrogens is 330 g/mol. The molecule has 0 aromatic rings. The third kappa shape index (κ3) is 2.19. The number of aliphatic hydroxyl groups is 1. The van der Waals surface area contributed by atoms with Crippen LogP contribution in [0.2, 0.25) is 0 Å². The smallest absolute Gasteiger partial charge is 0.309 e. The molecule has 3 unspecified atom stereocenters. The highest BCUT2D eigenvalue weighted by molar-refractivity contribution is 5.79. The molecule has 1 N–H and O–H groups in total. The van der Waals surface area contributed by atoms with Crippen LogP contribution in [0, 0.1) is 34.5 Å². The largest absolute Gasteiger partial charge is 0.469 e. The molecule has 5 nitrogen and oxygen atoms in total. The van der Waals surface area contributed by atoms with Gasteiger partial charge in [-0.1, -0.05) is 19.9 Å². The molecule has 4 aliphatic rings. The van der Waals surface area contributed by atoms with Crippen LogP contribution >= 0.6 is 0 Å². The van der Waals surface area contributed by atoms with Crippen LogP contribution in [0.3, 0.4) is 0 Å². The molecule has 2 saturated carbocycles. The van der Waals surface area contributed by atoms with Gasteiger partial charge in [0, 0.05) is 24.6 Å². The number of carbonyl (C=O) groups is 2. The van der Waals surface area contributed by atoms with Crippen LogP contribution in [-0.4, -0.2) is 42.1 Å². The maximum atomic E-state index is 12.4. The Labute approximate surface area is 155 Å². The second-order valence-corrected chi connectivity index (χ2v) is 9.42. The van der Waals surface area contributed by atoms with Gasteiger partial charge in [-0.2, -0.15) is 0 Å². The lowest BCUT2D eigenvalue weighted by atomic mass is 9.48. The summed E-state index contributed by atoms with van der Waals surface area (Å²) in [6, 6.07) is 0. The van der Waals surface area contributed by atoms with Crippen molar-refractivity contribution in [1.82, 2.24) is 4.90 Å². The van der Waals surface area contributed by atoms with Gasteiger partial charge in [0.2, 0.25) is 5.91 Å². The first-order valence-electron chi connectivity index (χ1n) is 9.97. The first-order valence-corrected chi connectivity index (χ1v) is 9.97. The van der Waals surface area contributed by atoms with E-state index < -0.39 is 6.10 Å². The van der Waals surface area contributed by atoms with Crippen molar-refractivity contribution in [3.8, 4) is 0 Å². The predicted octanol–water partition coefficient (Wildman–Crippen LogP) is 2.74. The summed E-state index contributed by atoms with van der Waals surface area (Å²) in [6.45, 7) is 4.42. The summed E-state index contributed by atoms with van der Waals surface area (Å²) in [7, 11) is 3.33. The molecule has 1 aliphatic heterocycles. The van der Waals surface area contributed by atoms with Crippen LogP contribution in [0.5, 0.6) is 0 Å². The van der Waals surface area contributed by atoms with E-state index in [1.165, 1.54) is 7.11 Å². The first-order chi connectivity index (χ1) is 12.2. The fourth-order valence-corrected chi connectivity index (χ4v) is 7.25. The number of hydrogen-bond donors (Lipinski definition) is 1. The highest BCUT2D eigenvalue weighted by atomic mass is 16.5. The Morgan fingerprint density at radius 1 is 1.35 bits per heavy atom. The van der Waals surface area contributed by atoms with Gasteiger partial charge in [0.05, 0.1) is 19.1 Å². The molecule has 3 fully saturated rings. The molecule has 144 valence electrons.